The molecule has 1 aromatic heterocycles. The van der Waals surface area contributed by atoms with E-state index in [0.29, 0.717) is 28.7 Å². The first-order valence-electron chi connectivity index (χ1n) is 9.73. The van der Waals surface area contributed by atoms with Gasteiger partial charge in [-0.3, -0.25) is 0 Å². The van der Waals surface area contributed by atoms with Gasteiger partial charge in [-0.15, -0.1) is 0 Å². The first kappa shape index (κ1) is 17.1. The number of nitrogens with zero attached hydrogens (tertiary/aromatic N) is 1. The number of rotatable bonds is 5. The van der Waals surface area contributed by atoms with Crippen molar-refractivity contribution >= 4 is 23.2 Å². The van der Waals surface area contributed by atoms with E-state index >= 15 is 0 Å². The smallest absolute Gasteiger partial charge is 0.145 e. The average Bonchev–Trinajstić information content (AvgIpc) is 3.30. The third-order valence-electron chi connectivity index (χ3n) is 6.27. The topological polar surface area (TPSA) is 35.3 Å². The summed E-state index contributed by atoms with van der Waals surface area (Å²) in [5.41, 5.74) is 2.55. The molecule has 0 radical (unpaired) electrons. The van der Waals surface area contributed by atoms with Gasteiger partial charge in [0.25, 0.3) is 0 Å². The van der Waals surface area contributed by atoms with Crippen molar-refractivity contribution in [1.82, 2.24) is 5.16 Å². The number of aromatic nitrogens is 1. The average molecular weight is 392 g/mol. The second kappa shape index (κ2) is 6.85. The van der Waals surface area contributed by atoms with Gasteiger partial charge in [0.2, 0.25) is 0 Å². The van der Waals surface area contributed by atoms with Crippen LogP contribution in [-0.4, -0.2) is 11.3 Å². The third kappa shape index (κ3) is 3.19. The predicted octanol–water partition coefficient (Wildman–Crippen LogP) is 6.62. The lowest BCUT2D eigenvalue weighted by molar-refractivity contribution is -0.00126. The minimum atomic E-state index is 0.359. The highest BCUT2D eigenvalue weighted by atomic mass is 35.5. The molecule has 1 aromatic carbocycles. The fourth-order valence-corrected chi connectivity index (χ4v) is 5.41. The summed E-state index contributed by atoms with van der Waals surface area (Å²) in [4.78, 5) is 0. The lowest BCUT2D eigenvalue weighted by Gasteiger charge is -2.27. The molecule has 3 atom stereocenters. The van der Waals surface area contributed by atoms with E-state index in [1.807, 2.05) is 18.2 Å². The SMILES string of the molecule is Clc1cccc(Cl)c1-c1noc(C2CC2)c1CO[C@@H]1C[C@@H]2CC[C@@H](C2)C1. The van der Waals surface area contributed by atoms with Crippen molar-refractivity contribution in [3.8, 4) is 11.3 Å². The Morgan fingerprint density at radius 1 is 1.00 bits per heavy atom. The van der Waals surface area contributed by atoms with Gasteiger partial charge in [-0.25, -0.2) is 0 Å². The summed E-state index contributed by atoms with van der Waals surface area (Å²) in [6.07, 6.45) is 9.23. The van der Waals surface area contributed by atoms with Gasteiger partial charge in [-0.05, 0) is 56.1 Å². The van der Waals surface area contributed by atoms with Gasteiger partial charge in [-0.1, -0.05) is 47.3 Å². The number of ether oxygens (including phenoxy) is 1. The number of halogens is 2. The van der Waals surface area contributed by atoms with E-state index in [2.05, 4.69) is 5.16 Å². The van der Waals surface area contributed by atoms with Gasteiger partial charge >= 0.3 is 0 Å². The Labute approximate surface area is 164 Å². The molecule has 0 unspecified atom stereocenters. The molecular formula is C21H23Cl2NO2. The van der Waals surface area contributed by atoms with Gasteiger partial charge in [0.15, 0.2) is 0 Å². The Hall–Kier alpha value is -1.03. The third-order valence-corrected chi connectivity index (χ3v) is 6.90. The summed E-state index contributed by atoms with van der Waals surface area (Å²) in [7, 11) is 0. The summed E-state index contributed by atoms with van der Waals surface area (Å²) >= 11 is 12.9. The van der Waals surface area contributed by atoms with Crippen LogP contribution < -0.4 is 0 Å². The Morgan fingerprint density at radius 3 is 2.35 bits per heavy atom. The number of hydrogen-bond acceptors (Lipinski definition) is 3. The maximum Gasteiger partial charge on any atom is 0.145 e. The first-order valence-corrected chi connectivity index (χ1v) is 10.5. The quantitative estimate of drug-likeness (QED) is 0.574. The number of hydrogen-bond donors (Lipinski definition) is 0. The Bertz CT molecular complexity index is 782. The summed E-state index contributed by atoms with van der Waals surface area (Å²) in [6, 6.07) is 5.54. The molecular weight excluding hydrogens is 369 g/mol. The highest BCUT2D eigenvalue weighted by Crippen LogP contribution is 2.47. The van der Waals surface area contributed by atoms with Gasteiger partial charge in [0.05, 0.1) is 22.8 Å². The molecule has 0 spiro atoms. The maximum absolute atomic E-state index is 6.43. The van der Waals surface area contributed by atoms with Crippen molar-refractivity contribution in [2.24, 2.45) is 11.8 Å². The van der Waals surface area contributed by atoms with Crippen molar-refractivity contribution in [3.63, 3.8) is 0 Å². The Kier molecular flexibility index (Phi) is 4.50. The van der Waals surface area contributed by atoms with Gasteiger partial charge < -0.3 is 9.26 Å². The summed E-state index contributed by atoms with van der Waals surface area (Å²) in [5.74, 6) is 3.16. The molecule has 1 heterocycles. The largest absolute Gasteiger partial charge is 0.373 e. The van der Waals surface area contributed by atoms with Crippen molar-refractivity contribution in [3.05, 3.63) is 39.6 Å². The zero-order chi connectivity index (χ0) is 17.7. The van der Waals surface area contributed by atoms with Crippen LogP contribution in [0.15, 0.2) is 22.7 Å². The number of fused-ring (bicyclic) bond motifs is 2. The fraction of sp³-hybridized carbons (Fsp3) is 0.571. The minimum Gasteiger partial charge on any atom is -0.373 e. The van der Waals surface area contributed by atoms with Crippen LogP contribution in [0.4, 0.5) is 0 Å². The van der Waals surface area contributed by atoms with Crippen LogP contribution in [0.5, 0.6) is 0 Å². The zero-order valence-electron chi connectivity index (χ0n) is 14.7. The van der Waals surface area contributed by atoms with Crippen molar-refractivity contribution in [1.29, 1.82) is 0 Å². The molecule has 3 aliphatic carbocycles. The van der Waals surface area contributed by atoms with Crippen molar-refractivity contribution in [2.45, 2.75) is 63.6 Å². The minimum absolute atomic E-state index is 0.359. The van der Waals surface area contributed by atoms with E-state index < -0.39 is 0 Å². The molecule has 3 fully saturated rings. The molecule has 0 N–H and O–H groups in total. The lowest BCUT2D eigenvalue weighted by Crippen LogP contribution is -2.23. The standard InChI is InChI=1S/C21H23Cl2NO2/c22-17-2-1-3-18(23)19(17)20-16(21(26-24-20)14-6-7-14)11-25-15-9-12-4-5-13(8-12)10-15/h1-3,12-15H,4-11H2/t12-,13+,15-. The molecule has 3 aliphatic rings. The molecule has 138 valence electrons. The molecule has 2 bridgehead atoms. The molecule has 0 amide bonds. The van der Waals surface area contributed by atoms with Crippen molar-refractivity contribution in [2.75, 3.05) is 0 Å². The van der Waals surface area contributed by atoms with E-state index in [0.717, 1.165) is 47.3 Å². The van der Waals surface area contributed by atoms with E-state index in [1.165, 1.54) is 32.1 Å². The maximum atomic E-state index is 6.43. The highest BCUT2D eigenvalue weighted by molar-refractivity contribution is 6.39. The van der Waals surface area contributed by atoms with Crippen molar-refractivity contribution < 1.29 is 9.26 Å². The summed E-state index contributed by atoms with van der Waals surface area (Å²) in [5, 5.41) is 5.56. The van der Waals surface area contributed by atoms with E-state index in [1.54, 1.807) is 0 Å². The van der Waals surface area contributed by atoms with Crippen LogP contribution in [0.25, 0.3) is 11.3 Å². The normalized spacial score (nSPS) is 27.8. The van der Waals surface area contributed by atoms with Crippen LogP contribution in [0, 0.1) is 11.8 Å². The first-order chi connectivity index (χ1) is 12.7. The summed E-state index contributed by atoms with van der Waals surface area (Å²) < 4.78 is 12.1. The second-order valence-corrected chi connectivity index (χ2v) is 9.01. The molecule has 2 aromatic rings. The van der Waals surface area contributed by atoms with Crippen LogP contribution in [0.3, 0.4) is 0 Å². The Balaban J connectivity index is 1.42. The summed E-state index contributed by atoms with van der Waals surface area (Å²) in [6.45, 7) is 0.538. The molecule has 0 aliphatic heterocycles. The predicted molar refractivity (Wildman–Crippen MR) is 103 cm³/mol. The van der Waals surface area contributed by atoms with E-state index in [-0.39, 0.29) is 0 Å². The highest BCUT2D eigenvalue weighted by Gasteiger charge is 2.36. The molecule has 5 rings (SSSR count). The van der Waals surface area contributed by atoms with Crippen LogP contribution in [-0.2, 0) is 11.3 Å². The number of benzene rings is 1. The molecule has 26 heavy (non-hydrogen) atoms. The van der Waals surface area contributed by atoms with Gasteiger partial charge in [-0.2, -0.15) is 0 Å². The zero-order valence-corrected chi connectivity index (χ0v) is 16.2. The molecule has 3 nitrogen and oxygen atoms in total. The monoisotopic (exact) mass is 391 g/mol. The molecule has 3 saturated carbocycles. The van der Waals surface area contributed by atoms with Crippen LogP contribution >= 0.6 is 23.2 Å². The molecule has 0 saturated heterocycles. The van der Waals surface area contributed by atoms with Crippen LogP contribution in [0.1, 0.15) is 62.2 Å². The van der Waals surface area contributed by atoms with Crippen LogP contribution in [0.2, 0.25) is 10.0 Å². The lowest BCUT2D eigenvalue weighted by atomic mass is 9.87. The van der Waals surface area contributed by atoms with Gasteiger partial charge in [0, 0.05) is 17.0 Å². The second-order valence-electron chi connectivity index (χ2n) is 8.19. The fourth-order valence-electron chi connectivity index (χ4n) is 4.83. The van der Waals surface area contributed by atoms with E-state index in [9.17, 15) is 0 Å². The Morgan fingerprint density at radius 2 is 1.69 bits per heavy atom. The van der Waals surface area contributed by atoms with Gasteiger partial charge in [0.1, 0.15) is 11.5 Å². The van der Waals surface area contributed by atoms with E-state index in [4.69, 9.17) is 32.5 Å². The molecule has 5 heteroatoms.